The van der Waals surface area contributed by atoms with Crippen LogP contribution in [0.5, 0.6) is 11.5 Å². The average Bonchev–Trinajstić information content (AvgIpc) is 3.90. The molecule has 3 aliphatic heterocycles. The first kappa shape index (κ1) is 41.2. The number of aliphatic hydroxyl groups excluding tert-OH is 2. The third-order valence-corrected chi connectivity index (χ3v) is 13.4. The predicted molar refractivity (Wildman–Crippen MR) is 216 cm³/mol. The number of hydrogen-bond acceptors (Lipinski definition) is 10. The summed E-state index contributed by atoms with van der Waals surface area (Å²) >= 11 is 0. The summed E-state index contributed by atoms with van der Waals surface area (Å²) in [5.74, 6) is 0.961. The van der Waals surface area contributed by atoms with E-state index in [0.29, 0.717) is 32.0 Å². The van der Waals surface area contributed by atoms with E-state index in [2.05, 4.69) is 23.6 Å². The van der Waals surface area contributed by atoms with Crippen LogP contribution in [0.25, 0.3) is 0 Å². The van der Waals surface area contributed by atoms with Crippen molar-refractivity contribution in [2.75, 3.05) is 59.7 Å². The molecule has 7 atom stereocenters. The van der Waals surface area contributed by atoms with E-state index in [-0.39, 0.29) is 49.4 Å². The Balaban J connectivity index is 1.34. The Bertz CT molecular complexity index is 1520. The second kappa shape index (κ2) is 19.7. The van der Waals surface area contributed by atoms with Gasteiger partial charge in [-0.1, -0.05) is 55.8 Å². The molecule has 0 radical (unpaired) electrons. The van der Waals surface area contributed by atoms with Crippen molar-refractivity contribution in [2.45, 2.75) is 127 Å². The molecule has 0 bridgehead atoms. The lowest BCUT2D eigenvalue weighted by Crippen LogP contribution is -2.69. The molecule has 2 saturated carbocycles. The molecule has 56 heavy (non-hydrogen) atoms. The van der Waals surface area contributed by atoms with Crippen LogP contribution in [-0.2, 0) is 19.1 Å². The molecule has 3 aliphatic carbocycles. The maximum absolute atomic E-state index is 14.4. The number of allylic oxidation sites excluding steroid dienone is 1. The molecule has 7 rings (SSSR count). The van der Waals surface area contributed by atoms with Crippen LogP contribution >= 0.6 is 0 Å². The van der Waals surface area contributed by atoms with Crippen molar-refractivity contribution >= 4 is 11.6 Å². The minimum atomic E-state index is -1.23. The van der Waals surface area contributed by atoms with Gasteiger partial charge >= 0.3 is 0 Å². The maximum Gasteiger partial charge on any atom is 0.239 e. The molecule has 0 spiro atoms. The Kier molecular flexibility index (Phi) is 14.5. The summed E-state index contributed by atoms with van der Waals surface area (Å²) in [6.07, 6.45) is 18.3. The van der Waals surface area contributed by atoms with Gasteiger partial charge in [-0.15, -0.1) is 6.58 Å². The van der Waals surface area contributed by atoms with Crippen LogP contribution in [0.1, 0.15) is 114 Å². The third-order valence-electron chi connectivity index (χ3n) is 13.4. The van der Waals surface area contributed by atoms with E-state index < -0.39 is 18.1 Å². The number of likely N-dealkylation sites (N-methyl/N-ethyl adjacent to an activating group) is 1. The fourth-order valence-electron chi connectivity index (χ4n) is 10.3. The van der Waals surface area contributed by atoms with Crippen LogP contribution in [0.3, 0.4) is 0 Å². The fraction of sp³-hybridized carbons (Fsp3) is 0.733. The minimum Gasteiger partial charge on any atom is -0.492 e. The smallest absolute Gasteiger partial charge is 0.239 e. The van der Waals surface area contributed by atoms with E-state index in [1.807, 2.05) is 24.1 Å². The summed E-state index contributed by atoms with van der Waals surface area (Å²) in [6.45, 7) is 9.01. The zero-order valence-electron chi connectivity index (χ0n) is 33.8. The van der Waals surface area contributed by atoms with Crippen LogP contribution in [-0.4, -0.2) is 109 Å². The summed E-state index contributed by atoms with van der Waals surface area (Å²) < 4.78 is 26.7. The SMILES string of the molecule is C=CCO[C@@]12Oc3ccc(OCCN4CC4)cc3[C@H]3[C@H](CCCCO)[C@@H](CCCCO)C=C(C(=NOC4CCCCO4)C[C@@H]1N(C)C(=O)CCC1CCCC1)[C@H]32. The summed E-state index contributed by atoms with van der Waals surface area (Å²) in [4.78, 5) is 24.8. The number of benzene rings is 1. The highest BCUT2D eigenvalue weighted by atomic mass is 16.8. The number of aliphatic hydroxyl groups is 2. The van der Waals surface area contributed by atoms with Gasteiger partial charge in [-0.05, 0) is 86.5 Å². The molecule has 1 aromatic carbocycles. The Hall–Kier alpha value is -2.96. The second-order valence-corrected chi connectivity index (χ2v) is 17.1. The lowest BCUT2D eigenvalue weighted by Gasteiger charge is -2.59. The van der Waals surface area contributed by atoms with Crippen LogP contribution in [0.4, 0.5) is 0 Å². The highest BCUT2D eigenvalue weighted by Crippen LogP contribution is 2.62. The van der Waals surface area contributed by atoms with Crippen LogP contribution < -0.4 is 9.47 Å². The van der Waals surface area contributed by atoms with E-state index in [1.165, 1.54) is 25.7 Å². The van der Waals surface area contributed by atoms with Crippen molar-refractivity contribution in [1.29, 1.82) is 0 Å². The van der Waals surface area contributed by atoms with Crippen LogP contribution in [0, 0.1) is 23.7 Å². The van der Waals surface area contributed by atoms with Gasteiger partial charge in [-0.25, -0.2) is 0 Å². The zero-order chi connectivity index (χ0) is 38.9. The van der Waals surface area contributed by atoms with Crippen LogP contribution in [0.2, 0.25) is 0 Å². The summed E-state index contributed by atoms with van der Waals surface area (Å²) in [5, 5.41) is 24.7. The number of unbranched alkanes of at least 4 members (excludes halogenated alkanes) is 2. The van der Waals surface area contributed by atoms with Crippen molar-refractivity contribution in [3.8, 4) is 11.5 Å². The number of ether oxygens (including phenoxy) is 4. The quantitative estimate of drug-likeness (QED) is 0.0590. The molecule has 3 heterocycles. The second-order valence-electron chi connectivity index (χ2n) is 17.1. The lowest BCUT2D eigenvalue weighted by molar-refractivity contribution is -0.256. The molecule has 1 unspecified atom stereocenters. The van der Waals surface area contributed by atoms with Gasteiger partial charge in [0.15, 0.2) is 0 Å². The van der Waals surface area contributed by atoms with E-state index >= 15 is 0 Å². The molecule has 11 nitrogen and oxygen atoms in total. The number of fused-ring (bicyclic) bond motifs is 2. The Morgan fingerprint density at radius 2 is 1.84 bits per heavy atom. The maximum atomic E-state index is 14.4. The Labute approximate surface area is 334 Å². The molecule has 2 N–H and O–H groups in total. The molecule has 0 aromatic heterocycles. The zero-order valence-corrected chi connectivity index (χ0v) is 33.8. The van der Waals surface area contributed by atoms with Gasteiger partial charge < -0.3 is 38.9 Å². The largest absolute Gasteiger partial charge is 0.492 e. The summed E-state index contributed by atoms with van der Waals surface area (Å²) in [6, 6.07) is 5.71. The average molecular weight is 778 g/mol. The summed E-state index contributed by atoms with van der Waals surface area (Å²) in [5.41, 5.74) is 2.94. The first-order valence-electron chi connectivity index (χ1n) is 21.9. The number of rotatable bonds is 21. The minimum absolute atomic E-state index is 0.0713. The van der Waals surface area contributed by atoms with Gasteiger partial charge in [-0.2, -0.15) is 0 Å². The molecule has 11 heteroatoms. The van der Waals surface area contributed by atoms with Gasteiger partial charge in [-0.3, -0.25) is 9.69 Å². The Morgan fingerprint density at radius 1 is 1.05 bits per heavy atom. The number of carbonyl (C=O) groups excluding carboxylic acids is 1. The van der Waals surface area contributed by atoms with Gasteiger partial charge in [0.25, 0.3) is 0 Å². The number of hydrogen-bond donors (Lipinski definition) is 2. The predicted octanol–water partition coefficient (Wildman–Crippen LogP) is 6.97. The topological polar surface area (TPSA) is 122 Å². The fourth-order valence-corrected chi connectivity index (χ4v) is 10.3. The van der Waals surface area contributed by atoms with Crippen molar-refractivity contribution in [3.63, 3.8) is 0 Å². The molecular weight excluding hydrogens is 711 g/mol. The number of nitrogens with zero attached hydrogens (tertiary/aromatic N) is 3. The number of carbonyl (C=O) groups is 1. The number of amides is 1. The van der Waals surface area contributed by atoms with Gasteiger partial charge in [0.1, 0.15) is 24.1 Å². The monoisotopic (exact) mass is 777 g/mol. The van der Waals surface area contributed by atoms with E-state index in [1.54, 1.807) is 6.08 Å². The first-order valence-corrected chi connectivity index (χ1v) is 21.9. The Morgan fingerprint density at radius 3 is 2.57 bits per heavy atom. The molecule has 310 valence electrons. The number of oxime groups is 1. The van der Waals surface area contributed by atoms with Crippen molar-refractivity contribution in [1.82, 2.24) is 9.80 Å². The standard InChI is InChI=1S/C45H67N3O8/c1-3-26-54-45-40(47(2)41(51)20-17-32-12-4-5-13-32)31-38(46-56-42-16-8-11-27-53-42)36-29-33(14-6-9-24-49)35(15-7-10-25-50)43(44(36)45)37-30-34(18-19-39(37)55-45)52-28-23-48-21-22-48/h3,18-19,29-30,32-33,35,40,42-44,49-50H,1,4-17,20-28,31H2,2H3/t33-,35+,40-,42?,43+,44+,45+/m0/s1. The molecule has 4 fully saturated rings. The van der Waals surface area contributed by atoms with Crippen molar-refractivity contribution in [2.24, 2.45) is 28.8 Å². The van der Waals surface area contributed by atoms with E-state index in [9.17, 15) is 15.0 Å². The molecular formula is C45H67N3O8. The van der Waals surface area contributed by atoms with E-state index in [0.717, 1.165) is 112 Å². The third kappa shape index (κ3) is 9.49. The van der Waals surface area contributed by atoms with Gasteiger partial charge in [0.2, 0.25) is 18.0 Å². The van der Waals surface area contributed by atoms with E-state index in [4.69, 9.17) is 28.9 Å². The van der Waals surface area contributed by atoms with Crippen molar-refractivity contribution < 1.29 is 38.8 Å². The highest BCUT2D eigenvalue weighted by molar-refractivity contribution is 6.03. The molecule has 2 saturated heterocycles. The lowest BCUT2D eigenvalue weighted by atomic mass is 9.55. The normalized spacial score (nSPS) is 30.6. The van der Waals surface area contributed by atoms with Gasteiger partial charge in [0.05, 0.1) is 24.8 Å². The molecule has 1 amide bonds. The first-order chi connectivity index (χ1) is 27.5. The molecule has 6 aliphatic rings. The van der Waals surface area contributed by atoms with Crippen LogP contribution in [0.15, 0.2) is 47.7 Å². The van der Waals surface area contributed by atoms with Crippen molar-refractivity contribution in [3.05, 3.63) is 48.1 Å². The highest BCUT2D eigenvalue weighted by Gasteiger charge is 2.65. The van der Waals surface area contributed by atoms with Gasteiger partial charge in [0, 0.05) is 70.6 Å². The molecule has 1 aromatic rings. The summed E-state index contributed by atoms with van der Waals surface area (Å²) in [7, 11) is 1.91.